The summed E-state index contributed by atoms with van der Waals surface area (Å²) in [5, 5.41) is 7.75. The fourth-order valence-electron chi connectivity index (χ4n) is 3.62. The molecule has 38 heavy (non-hydrogen) atoms. The lowest BCUT2D eigenvalue weighted by Gasteiger charge is -2.28. The van der Waals surface area contributed by atoms with Crippen LogP contribution in [0.2, 0.25) is 0 Å². The fourth-order valence-corrected chi connectivity index (χ4v) is 3.62. The van der Waals surface area contributed by atoms with E-state index in [2.05, 4.69) is 27.9 Å². The maximum Gasteiger partial charge on any atom is 0.522 e. The SMILES string of the molecule is CCCC[N+]1(C)CCCC1.CCCC[N+]1(C)CCCC1=N.O=S(=O)(O)C(F)(F)F.O=S(=O)([O-])C(F)(F)F.[Br-]. The molecule has 0 amide bonds. The highest BCUT2D eigenvalue weighted by atomic mass is 79.9. The van der Waals surface area contributed by atoms with E-state index >= 15 is 0 Å². The number of nitrogens with one attached hydrogen (secondary N) is 1. The molecule has 0 aromatic rings. The summed E-state index contributed by atoms with van der Waals surface area (Å²) in [6.45, 7) is 11.1. The van der Waals surface area contributed by atoms with Gasteiger partial charge in [-0.15, -0.1) is 0 Å². The molecule has 0 saturated carbocycles. The number of unbranched alkanes of at least 4 members (excludes halogenated alkanes) is 2. The number of amidine groups is 1. The average molecular weight is 677 g/mol. The summed E-state index contributed by atoms with van der Waals surface area (Å²) in [5.74, 6) is 0.943. The molecule has 9 nitrogen and oxygen atoms in total. The van der Waals surface area contributed by atoms with Crippen LogP contribution in [0.25, 0.3) is 0 Å². The number of alkyl halides is 6. The third kappa shape index (κ3) is 17.2. The van der Waals surface area contributed by atoms with Crippen LogP contribution < -0.4 is 17.0 Å². The summed E-state index contributed by atoms with van der Waals surface area (Å²) < 4.78 is 119. The van der Waals surface area contributed by atoms with Gasteiger partial charge in [-0.3, -0.25) is 14.4 Å². The molecule has 0 aromatic heterocycles. The molecule has 2 aliphatic heterocycles. The third-order valence-electron chi connectivity index (χ3n) is 6.00. The number of hydrogen-bond acceptors (Lipinski definition) is 6. The van der Waals surface area contributed by atoms with Gasteiger partial charge in [-0.25, -0.2) is 8.42 Å². The minimum absolute atomic E-state index is 0. The summed E-state index contributed by atoms with van der Waals surface area (Å²) in [7, 11) is -7.33. The minimum atomic E-state index is -6.09. The summed E-state index contributed by atoms with van der Waals surface area (Å²) in [6, 6.07) is 0. The van der Waals surface area contributed by atoms with Crippen LogP contribution >= 0.6 is 0 Å². The number of nitrogens with zero attached hydrogens (tertiary/aromatic N) is 2. The van der Waals surface area contributed by atoms with E-state index in [-0.39, 0.29) is 17.0 Å². The first-order valence-corrected chi connectivity index (χ1v) is 14.6. The Morgan fingerprint density at radius 1 is 0.842 bits per heavy atom. The predicted octanol–water partition coefficient (Wildman–Crippen LogP) is 1.48. The lowest BCUT2D eigenvalue weighted by molar-refractivity contribution is -0.897. The first-order chi connectivity index (χ1) is 16.5. The van der Waals surface area contributed by atoms with Crippen molar-refractivity contribution in [1.29, 1.82) is 5.41 Å². The second kappa shape index (κ2) is 17.3. The Bertz CT molecular complexity index is 854. The highest BCUT2D eigenvalue weighted by molar-refractivity contribution is 7.86. The zero-order valence-corrected chi connectivity index (χ0v) is 25.3. The molecule has 0 spiro atoms. The van der Waals surface area contributed by atoms with Crippen LogP contribution in [0.1, 0.15) is 65.2 Å². The van der Waals surface area contributed by atoms with Crippen molar-refractivity contribution in [3.8, 4) is 0 Å². The van der Waals surface area contributed by atoms with Crippen molar-refractivity contribution in [3.05, 3.63) is 0 Å². The maximum absolute atomic E-state index is 10.7. The van der Waals surface area contributed by atoms with E-state index in [9.17, 15) is 26.3 Å². The van der Waals surface area contributed by atoms with Gasteiger partial charge in [-0.2, -0.15) is 34.8 Å². The van der Waals surface area contributed by atoms with Gasteiger partial charge in [0.2, 0.25) is 0 Å². The molecule has 1 unspecified atom stereocenters. The Labute approximate surface area is 232 Å². The Morgan fingerprint density at radius 2 is 1.21 bits per heavy atom. The molecule has 0 aliphatic carbocycles. The van der Waals surface area contributed by atoms with Gasteiger partial charge in [0, 0.05) is 25.7 Å². The lowest BCUT2D eigenvalue weighted by atomic mass is 10.3. The fraction of sp³-hybridized carbons (Fsp3) is 0.950. The number of hydrogen-bond donors (Lipinski definition) is 2. The van der Waals surface area contributed by atoms with Crippen LogP contribution in [0, 0.1) is 5.41 Å². The van der Waals surface area contributed by atoms with Gasteiger partial charge >= 0.3 is 21.1 Å². The van der Waals surface area contributed by atoms with E-state index < -0.39 is 31.3 Å². The molecule has 0 radical (unpaired) electrons. The number of quaternary nitrogens is 2. The summed E-state index contributed by atoms with van der Waals surface area (Å²) >= 11 is 0. The van der Waals surface area contributed by atoms with Gasteiger partial charge in [0.25, 0.3) is 0 Å². The topological polar surface area (TPSA) is 135 Å². The zero-order valence-electron chi connectivity index (χ0n) is 22.0. The monoisotopic (exact) mass is 675 g/mol. The van der Waals surface area contributed by atoms with Crippen molar-refractivity contribution in [2.45, 2.75) is 76.2 Å². The molecular weight excluding hydrogens is 636 g/mol. The molecule has 2 aliphatic rings. The standard InChI is InChI=1S/C9H19N2.C9H20N.2CHF3O3S.BrH/c1-3-4-7-11(2)8-5-6-9(11)10;1-3-4-7-10(2)8-5-6-9-10;2*2-1(3,4)8(5,6)7;/h10H,3-8H2,1-2H3;3-9H2,1-2H3;2*(H,5,6,7);1H/q2*+1;;;/p-2. The molecular formula is C20H40BrF6N3O6S2. The summed E-state index contributed by atoms with van der Waals surface area (Å²) in [5.41, 5.74) is -11.2. The van der Waals surface area contributed by atoms with Crippen molar-refractivity contribution in [1.82, 2.24) is 0 Å². The van der Waals surface area contributed by atoms with E-state index in [1.54, 1.807) is 0 Å². The normalized spacial score (nSPS) is 21.1. The van der Waals surface area contributed by atoms with Crippen LogP contribution in [0.15, 0.2) is 0 Å². The molecule has 2 N–H and O–H groups in total. The van der Waals surface area contributed by atoms with Gasteiger partial charge in [-0.1, -0.05) is 26.7 Å². The number of likely N-dealkylation sites (tertiary alicyclic amines) is 2. The predicted molar refractivity (Wildman–Crippen MR) is 126 cm³/mol. The lowest BCUT2D eigenvalue weighted by Crippen LogP contribution is -3.00. The van der Waals surface area contributed by atoms with Crippen molar-refractivity contribution in [2.75, 3.05) is 46.8 Å². The van der Waals surface area contributed by atoms with Crippen molar-refractivity contribution in [3.63, 3.8) is 0 Å². The molecule has 0 bridgehead atoms. The van der Waals surface area contributed by atoms with Crippen LogP contribution in [-0.2, 0) is 20.2 Å². The third-order valence-corrected chi connectivity index (χ3v) is 7.15. The molecule has 18 heteroatoms. The van der Waals surface area contributed by atoms with Gasteiger partial charge in [0.05, 0.1) is 46.8 Å². The highest BCUT2D eigenvalue weighted by Gasteiger charge is 2.44. The average Bonchev–Trinajstić information content (AvgIpc) is 3.29. The van der Waals surface area contributed by atoms with Crippen LogP contribution in [0.4, 0.5) is 26.3 Å². The molecule has 232 valence electrons. The molecule has 2 heterocycles. The molecule has 2 rings (SSSR count). The second-order valence-electron chi connectivity index (χ2n) is 9.42. The highest BCUT2D eigenvalue weighted by Crippen LogP contribution is 2.21. The maximum atomic E-state index is 10.7. The van der Waals surface area contributed by atoms with E-state index in [0.29, 0.717) is 0 Å². The molecule has 2 saturated heterocycles. The van der Waals surface area contributed by atoms with E-state index in [4.69, 9.17) is 31.4 Å². The van der Waals surface area contributed by atoms with Crippen LogP contribution in [0.5, 0.6) is 0 Å². The van der Waals surface area contributed by atoms with Gasteiger partial charge in [0.15, 0.2) is 16.0 Å². The van der Waals surface area contributed by atoms with Gasteiger partial charge in [0.1, 0.15) is 0 Å². The first-order valence-electron chi connectivity index (χ1n) is 11.8. The Hall–Kier alpha value is -0.530. The van der Waals surface area contributed by atoms with Crippen molar-refractivity contribution < 1.29 is 78.2 Å². The van der Waals surface area contributed by atoms with Gasteiger partial charge in [-0.05, 0) is 12.8 Å². The Morgan fingerprint density at radius 3 is 1.47 bits per heavy atom. The Balaban J connectivity index is -0.000000431. The van der Waals surface area contributed by atoms with E-state index in [1.807, 2.05) is 0 Å². The van der Waals surface area contributed by atoms with Crippen molar-refractivity contribution >= 4 is 26.1 Å². The summed E-state index contributed by atoms with van der Waals surface area (Å²) in [6.07, 6.45) is 10.4. The van der Waals surface area contributed by atoms with E-state index in [0.717, 1.165) is 16.7 Å². The molecule has 2 fully saturated rings. The minimum Gasteiger partial charge on any atom is -1.00 e. The molecule has 0 aromatic carbocycles. The van der Waals surface area contributed by atoms with Gasteiger partial charge < -0.3 is 26.0 Å². The second-order valence-corrected chi connectivity index (χ2v) is 12.2. The van der Waals surface area contributed by atoms with E-state index in [1.165, 1.54) is 82.2 Å². The number of halogens is 7. The van der Waals surface area contributed by atoms with Crippen LogP contribution in [-0.4, -0.2) is 98.6 Å². The largest absolute Gasteiger partial charge is 1.00 e. The Kier molecular flexibility index (Phi) is 19.1. The van der Waals surface area contributed by atoms with Crippen LogP contribution in [0.3, 0.4) is 0 Å². The van der Waals surface area contributed by atoms with Crippen molar-refractivity contribution in [2.24, 2.45) is 0 Å². The zero-order chi connectivity index (χ0) is 29.8. The first kappa shape index (κ1) is 41.9. The number of rotatable bonds is 6. The quantitative estimate of drug-likeness (QED) is 0.190. The summed E-state index contributed by atoms with van der Waals surface area (Å²) in [4.78, 5) is 0. The smallest absolute Gasteiger partial charge is 0.522 e. The molecule has 1 atom stereocenters.